The average molecular weight is 298 g/mol. The van der Waals surface area contributed by atoms with Crippen LogP contribution >= 0.6 is 15.9 Å². The van der Waals surface area contributed by atoms with Crippen molar-refractivity contribution in [2.75, 3.05) is 13.1 Å². The Kier molecular flexibility index (Phi) is 4.18. The number of rotatable bonds is 2. The van der Waals surface area contributed by atoms with Crippen LogP contribution < -0.4 is 0 Å². The Morgan fingerprint density at radius 1 is 1.53 bits per heavy atom. The summed E-state index contributed by atoms with van der Waals surface area (Å²) in [7, 11) is 0. The predicted octanol–water partition coefficient (Wildman–Crippen LogP) is 1.97. The largest absolute Gasteiger partial charge is 0.391 e. The van der Waals surface area contributed by atoms with Gasteiger partial charge in [0.05, 0.1) is 12.5 Å². The lowest BCUT2D eigenvalue weighted by molar-refractivity contribution is -0.133. The van der Waals surface area contributed by atoms with Crippen molar-refractivity contribution in [2.24, 2.45) is 0 Å². The van der Waals surface area contributed by atoms with E-state index in [0.29, 0.717) is 13.0 Å². The zero-order valence-corrected chi connectivity index (χ0v) is 11.2. The molecule has 0 saturated carbocycles. The molecular weight excluding hydrogens is 282 g/mol. The minimum atomic E-state index is -0.352. The topological polar surface area (TPSA) is 40.5 Å². The number of aliphatic hydroxyl groups excluding tert-OH is 1. The third-order valence-corrected chi connectivity index (χ3v) is 3.49. The first kappa shape index (κ1) is 12.6. The van der Waals surface area contributed by atoms with E-state index in [1.807, 2.05) is 24.3 Å². The third kappa shape index (κ3) is 3.54. The van der Waals surface area contributed by atoms with Gasteiger partial charge in [0, 0.05) is 17.6 Å². The summed E-state index contributed by atoms with van der Waals surface area (Å²) in [6.07, 6.45) is 1.76. The number of amides is 1. The fraction of sp³-hybridized carbons (Fsp3) is 0.462. The molecule has 0 bridgehead atoms. The highest BCUT2D eigenvalue weighted by Gasteiger charge is 2.21. The average Bonchev–Trinajstić information content (AvgIpc) is 2.29. The molecule has 1 N–H and O–H groups in total. The molecule has 4 heteroatoms. The number of aliphatic hydroxyl groups is 1. The molecule has 1 saturated heterocycles. The monoisotopic (exact) mass is 297 g/mol. The van der Waals surface area contributed by atoms with Crippen molar-refractivity contribution in [3.05, 3.63) is 34.3 Å². The maximum Gasteiger partial charge on any atom is 0.227 e. The molecule has 1 atom stereocenters. The van der Waals surface area contributed by atoms with Gasteiger partial charge in [-0.05, 0) is 30.5 Å². The molecule has 0 aromatic heterocycles. The Morgan fingerprint density at radius 2 is 2.35 bits per heavy atom. The summed E-state index contributed by atoms with van der Waals surface area (Å²) < 4.78 is 0.987. The van der Waals surface area contributed by atoms with Gasteiger partial charge in [-0.15, -0.1) is 0 Å². The van der Waals surface area contributed by atoms with E-state index in [1.54, 1.807) is 4.90 Å². The molecule has 3 nitrogen and oxygen atoms in total. The maximum atomic E-state index is 12.0. The molecule has 0 aliphatic carbocycles. The molecule has 1 heterocycles. The van der Waals surface area contributed by atoms with E-state index in [9.17, 15) is 9.90 Å². The number of nitrogens with zero attached hydrogens (tertiary/aromatic N) is 1. The van der Waals surface area contributed by atoms with Crippen LogP contribution in [0, 0.1) is 0 Å². The van der Waals surface area contributed by atoms with Crippen LogP contribution in [0.25, 0.3) is 0 Å². The summed E-state index contributed by atoms with van der Waals surface area (Å²) in [6.45, 7) is 1.25. The minimum Gasteiger partial charge on any atom is -0.391 e. The Balaban J connectivity index is 1.96. The zero-order chi connectivity index (χ0) is 12.3. The predicted molar refractivity (Wildman–Crippen MR) is 69.7 cm³/mol. The summed E-state index contributed by atoms with van der Waals surface area (Å²) in [5, 5.41) is 9.54. The van der Waals surface area contributed by atoms with Crippen molar-refractivity contribution >= 4 is 21.8 Å². The molecule has 0 radical (unpaired) electrons. The Morgan fingerprint density at radius 3 is 3.06 bits per heavy atom. The van der Waals surface area contributed by atoms with Crippen LogP contribution in [-0.2, 0) is 11.2 Å². The normalized spacial score (nSPS) is 20.4. The van der Waals surface area contributed by atoms with E-state index in [1.165, 1.54) is 0 Å². The SMILES string of the molecule is O=C(Cc1cccc(Br)c1)N1CCCC(O)C1. The quantitative estimate of drug-likeness (QED) is 0.907. The van der Waals surface area contributed by atoms with Gasteiger partial charge >= 0.3 is 0 Å². The van der Waals surface area contributed by atoms with Gasteiger partial charge < -0.3 is 10.0 Å². The number of carbonyl (C=O) groups excluding carboxylic acids is 1. The second kappa shape index (κ2) is 5.65. The van der Waals surface area contributed by atoms with Gasteiger partial charge in [-0.1, -0.05) is 28.1 Å². The van der Waals surface area contributed by atoms with Crippen LogP contribution in [0.3, 0.4) is 0 Å². The molecule has 1 unspecified atom stereocenters. The number of halogens is 1. The molecular formula is C13H16BrNO2. The molecule has 1 aliphatic rings. The summed E-state index contributed by atoms with van der Waals surface area (Å²) in [4.78, 5) is 13.8. The zero-order valence-electron chi connectivity index (χ0n) is 9.60. The molecule has 92 valence electrons. The van der Waals surface area contributed by atoms with Crippen molar-refractivity contribution in [2.45, 2.75) is 25.4 Å². The summed E-state index contributed by atoms with van der Waals surface area (Å²) in [6, 6.07) is 7.78. The Labute approximate surface area is 110 Å². The van der Waals surface area contributed by atoms with Crippen LogP contribution in [0.4, 0.5) is 0 Å². The number of benzene rings is 1. The van der Waals surface area contributed by atoms with Crippen molar-refractivity contribution in [1.82, 2.24) is 4.90 Å². The molecule has 1 aromatic carbocycles. The molecule has 1 amide bonds. The van der Waals surface area contributed by atoms with Crippen LogP contribution in [0.2, 0.25) is 0 Å². The number of β-amino-alcohol motifs (C(OH)–C–C–N with tert-alkyl or cyclic N) is 1. The standard InChI is InChI=1S/C13H16BrNO2/c14-11-4-1-3-10(7-11)8-13(17)15-6-2-5-12(16)9-15/h1,3-4,7,12,16H,2,5-6,8-9H2. The van der Waals surface area contributed by atoms with E-state index < -0.39 is 0 Å². The summed E-state index contributed by atoms with van der Waals surface area (Å²) in [5.41, 5.74) is 1.00. The van der Waals surface area contributed by atoms with E-state index in [0.717, 1.165) is 29.4 Å². The van der Waals surface area contributed by atoms with E-state index in [-0.39, 0.29) is 12.0 Å². The first-order valence-corrected chi connectivity index (χ1v) is 6.65. The fourth-order valence-electron chi connectivity index (χ4n) is 2.11. The lowest BCUT2D eigenvalue weighted by Gasteiger charge is -2.30. The van der Waals surface area contributed by atoms with Gasteiger partial charge in [0.25, 0.3) is 0 Å². The summed E-state index contributed by atoms with van der Waals surface area (Å²) >= 11 is 3.39. The number of hydrogen-bond acceptors (Lipinski definition) is 2. The lowest BCUT2D eigenvalue weighted by atomic mass is 10.1. The lowest BCUT2D eigenvalue weighted by Crippen LogP contribution is -2.42. The number of carbonyl (C=O) groups is 1. The molecule has 2 rings (SSSR count). The minimum absolute atomic E-state index is 0.0989. The van der Waals surface area contributed by atoms with Gasteiger partial charge in [-0.2, -0.15) is 0 Å². The second-order valence-corrected chi connectivity index (χ2v) is 5.36. The van der Waals surface area contributed by atoms with Gasteiger partial charge in [-0.3, -0.25) is 4.79 Å². The number of piperidine rings is 1. The van der Waals surface area contributed by atoms with E-state index >= 15 is 0 Å². The Bertz CT molecular complexity index is 408. The third-order valence-electron chi connectivity index (χ3n) is 2.99. The van der Waals surface area contributed by atoms with Crippen LogP contribution in [0.1, 0.15) is 18.4 Å². The van der Waals surface area contributed by atoms with Crippen LogP contribution in [-0.4, -0.2) is 35.1 Å². The molecule has 1 aliphatic heterocycles. The van der Waals surface area contributed by atoms with E-state index in [4.69, 9.17) is 0 Å². The van der Waals surface area contributed by atoms with Crippen molar-refractivity contribution < 1.29 is 9.90 Å². The van der Waals surface area contributed by atoms with Gasteiger partial charge in [-0.25, -0.2) is 0 Å². The number of likely N-dealkylation sites (tertiary alicyclic amines) is 1. The summed E-state index contributed by atoms with van der Waals surface area (Å²) in [5.74, 6) is 0.0989. The highest BCUT2D eigenvalue weighted by Crippen LogP contribution is 2.15. The second-order valence-electron chi connectivity index (χ2n) is 4.44. The fourth-order valence-corrected chi connectivity index (χ4v) is 2.56. The van der Waals surface area contributed by atoms with Crippen LogP contribution in [0.5, 0.6) is 0 Å². The van der Waals surface area contributed by atoms with Gasteiger partial charge in [0.2, 0.25) is 5.91 Å². The molecule has 0 spiro atoms. The van der Waals surface area contributed by atoms with Crippen molar-refractivity contribution in [3.8, 4) is 0 Å². The van der Waals surface area contributed by atoms with Gasteiger partial charge in [0.1, 0.15) is 0 Å². The highest BCUT2D eigenvalue weighted by molar-refractivity contribution is 9.10. The molecule has 1 aromatic rings. The van der Waals surface area contributed by atoms with Gasteiger partial charge in [0.15, 0.2) is 0 Å². The molecule has 1 fully saturated rings. The van der Waals surface area contributed by atoms with E-state index in [2.05, 4.69) is 15.9 Å². The first-order chi connectivity index (χ1) is 8.15. The maximum absolute atomic E-state index is 12.0. The first-order valence-electron chi connectivity index (χ1n) is 5.85. The Hall–Kier alpha value is -0.870. The van der Waals surface area contributed by atoms with Crippen molar-refractivity contribution in [1.29, 1.82) is 0 Å². The van der Waals surface area contributed by atoms with Crippen molar-refractivity contribution in [3.63, 3.8) is 0 Å². The highest BCUT2D eigenvalue weighted by atomic mass is 79.9. The smallest absolute Gasteiger partial charge is 0.227 e. The molecule has 17 heavy (non-hydrogen) atoms. The number of hydrogen-bond donors (Lipinski definition) is 1. The van der Waals surface area contributed by atoms with Crippen LogP contribution in [0.15, 0.2) is 28.7 Å².